The van der Waals surface area contributed by atoms with Crippen LogP contribution >= 0.6 is 7.82 Å². The van der Waals surface area contributed by atoms with E-state index in [0.717, 1.165) is 24.3 Å². The zero-order valence-electron chi connectivity index (χ0n) is 14.1. The van der Waals surface area contributed by atoms with Crippen LogP contribution in [-0.4, -0.2) is 9.79 Å². The topological polar surface area (TPSA) is 124 Å². The molecule has 168 valence electrons. The summed E-state index contributed by atoms with van der Waals surface area (Å²) < 4.78 is 117. The van der Waals surface area contributed by atoms with Crippen LogP contribution in [0.25, 0.3) is 0 Å². The zero-order chi connectivity index (χ0) is 23.4. The van der Waals surface area contributed by atoms with Gasteiger partial charge in [0.05, 0.1) is 11.1 Å². The molecule has 0 atom stereocenters. The summed E-state index contributed by atoms with van der Waals surface area (Å²) in [4.78, 5) is 15.4. The van der Waals surface area contributed by atoms with Crippen LogP contribution in [0.15, 0.2) is 48.5 Å². The molecular weight excluding hydrogens is 736 g/mol. The molecule has 2 N–H and O–H groups in total. The minimum atomic E-state index is -6.44. The molecule has 0 aliphatic heterocycles. The maximum absolute atomic E-state index is 12.4. The van der Waals surface area contributed by atoms with Crippen LogP contribution in [0.4, 0.5) is 26.3 Å². The summed E-state index contributed by atoms with van der Waals surface area (Å²) in [5.41, 5.74) is -1.47. The van der Waals surface area contributed by atoms with Crippen LogP contribution < -0.4 is 25.0 Å². The number of hydrogen-bond donors (Lipinski definition) is 2. The summed E-state index contributed by atoms with van der Waals surface area (Å²) in [5, 5.41) is 0. The summed E-state index contributed by atoms with van der Waals surface area (Å²) in [5.74, 6) is 0. The van der Waals surface area contributed by atoms with E-state index in [1.807, 2.05) is 0 Å². The van der Waals surface area contributed by atoms with Crippen molar-refractivity contribution in [1.82, 2.24) is 0 Å². The fraction of sp³-hybridized carbons (Fsp3) is 0.143. The van der Waals surface area contributed by atoms with Gasteiger partial charge in [0.1, 0.15) is 0 Å². The van der Waals surface area contributed by atoms with E-state index < -0.39 is 69.3 Å². The van der Waals surface area contributed by atoms with Crippen molar-refractivity contribution in [2.45, 2.75) is 12.4 Å². The fourth-order valence-electron chi connectivity index (χ4n) is 1.65. The fourth-order valence-corrected chi connectivity index (χ4v) is 6.61. The summed E-state index contributed by atoms with van der Waals surface area (Å²) in [7, 11) is -5.13. The first-order valence-electron chi connectivity index (χ1n) is 7.09. The molecule has 7 nitrogen and oxygen atoms in total. The molecule has 2 rings (SSSR count). The molecule has 0 unspecified atom stereocenters. The van der Waals surface area contributed by atoms with Gasteiger partial charge in [0, 0.05) is 0 Å². The monoisotopic (exact) mass is 746 g/mol. The number of phosphoric acid groups is 1. The summed E-state index contributed by atoms with van der Waals surface area (Å²) >= 11 is -7.25. The number of rotatable bonds is 4. The average molecular weight is 746 g/mol. The van der Waals surface area contributed by atoms with E-state index in [0.29, 0.717) is 7.14 Å². The molecule has 0 fully saturated rings. The van der Waals surface area contributed by atoms with Gasteiger partial charge in [-0.25, -0.2) is 0 Å². The Kier molecular flexibility index (Phi) is 9.18. The summed E-state index contributed by atoms with van der Waals surface area (Å²) in [6, 6.07) is 9.42. The van der Waals surface area contributed by atoms with Crippen molar-refractivity contribution in [1.29, 1.82) is 0 Å². The standard InChI is InChI=1S/C14H8F6I.H3O4P.3O.W/c15-13(16,17)9-1-5-11(6-2-9)21-12-7-3-10(4-8-12)14(18,19)20;1-5(2,3)4;;;;/h1-8H;(H3,1,2,3,4);;;;/q+1;;;;-1;+1/p-1. The second kappa shape index (κ2) is 10.2. The Morgan fingerprint density at radius 1 is 0.800 bits per heavy atom. The minimum absolute atomic E-state index is 0.710. The van der Waals surface area contributed by atoms with E-state index >= 15 is 0 Å². The molecule has 0 radical (unpaired) electrons. The van der Waals surface area contributed by atoms with Gasteiger partial charge in [-0.05, 0) is 48.5 Å². The molecule has 0 aliphatic carbocycles. The SMILES string of the molecule is FC(F)(F)c1ccc([I+]c2ccc(C(F)(F)F)cc2)cc1.O=P(O)(O)[O][W](=[O])(=[O])[O-]. The molecule has 0 spiro atoms. The molecule has 0 heterocycles. The zero-order valence-corrected chi connectivity index (χ0v) is 20.0. The summed E-state index contributed by atoms with van der Waals surface area (Å²) in [6.07, 6.45) is -8.77. The maximum atomic E-state index is 12.4. The first-order valence-corrected chi connectivity index (χ1v) is 15.6. The van der Waals surface area contributed by atoms with Crippen molar-refractivity contribution in [3.8, 4) is 0 Å². The predicted octanol–water partition coefficient (Wildman–Crippen LogP) is -0.0165. The molecule has 0 bridgehead atoms. The van der Waals surface area contributed by atoms with Gasteiger partial charge in [-0.2, -0.15) is 26.3 Å². The van der Waals surface area contributed by atoms with E-state index in [-0.39, 0.29) is 0 Å². The molecule has 2 aromatic carbocycles. The van der Waals surface area contributed by atoms with Crippen molar-refractivity contribution in [2.75, 3.05) is 0 Å². The third-order valence-electron chi connectivity index (χ3n) is 2.75. The van der Waals surface area contributed by atoms with Gasteiger partial charge in [-0.3, -0.25) is 0 Å². The number of benzene rings is 2. The van der Waals surface area contributed by atoms with Crippen molar-refractivity contribution in [3.05, 3.63) is 66.8 Å². The quantitative estimate of drug-likeness (QED) is 0.257. The van der Waals surface area contributed by atoms with Gasteiger partial charge in [-0.15, -0.1) is 0 Å². The normalized spacial score (nSPS) is 12.8. The van der Waals surface area contributed by atoms with Crippen molar-refractivity contribution < 1.29 is 92.4 Å². The molecule has 0 saturated carbocycles. The Morgan fingerprint density at radius 3 is 1.27 bits per heavy atom. The Labute approximate surface area is 178 Å². The van der Waals surface area contributed by atoms with Crippen LogP contribution in [0, 0.1) is 7.14 Å². The molecule has 30 heavy (non-hydrogen) atoms. The van der Waals surface area contributed by atoms with Crippen molar-refractivity contribution in [2.24, 2.45) is 0 Å². The third kappa shape index (κ3) is 10.9. The van der Waals surface area contributed by atoms with E-state index in [2.05, 4.69) is 3.18 Å². The van der Waals surface area contributed by atoms with E-state index in [4.69, 9.17) is 9.79 Å². The molecule has 0 amide bonds. The molecule has 16 heteroatoms. The number of hydrogen-bond acceptors (Lipinski definition) is 5. The molecule has 0 saturated heterocycles. The van der Waals surface area contributed by atoms with Gasteiger partial charge in [0.2, 0.25) is 0 Å². The first kappa shape index (κ1) is 27.1. The van der Waals surface area contributed by atoms with Gasteiger partial charge in [0.15, 0.2) is 7.14 Å². The molecular formula is C14H10F6IO7PW. The summed E-state index contributed by atoms with van der Waals surface area (Å²) in [6.45, 7) is 0. The first-order chi connectivity index (χ1) is 13.4. The Morgan fingerprint density at radius 2 is 1.10 bits per heavy atom. The van der Waals surface area contributed by atoms with Gasteiger partial charge >= 0.3 is 86.2 Å². The van der Waals surface area contributed by atoms with Gasteiger partial charge in [-0.1, -0.05) is 0 Å². The van der Waals surface area contributed by atoms with Crippen LogP contribution in [0.3, 0.4) is 0 Å². The van der Waals surface area contributed by atoms with Crippen LogP contribution in [0.1, 0.15) is 11.1 Å². The van der Waals surface area contributed by atoms with E-state index in [9.17, 15) is 41.5 Å². The van der Waals surface area contributed by atoms with Gasteiger partial charge < -0.3 is 0 Å². The Bertz CT molecular complexity index is 930. The van der Waals surface area contributed by atoms with Crippen LogP contribution in [0.5, 0.6) is 0 Å². The van der Waals surface area contributed by atoms with Gasteiger partial charge in [0.25, 0.3) is 0 Å². The molecule has 2 aromatic rings. The molecule has 0 aliphatic rings. The van der Waals surface area contributed by atoms with E-state index in [1.165, 1.54) is 24.3 Å². The van der Waals surface area contributed by atoms with Crippen molar-refractivity contribution >= 4 is 7.82 Å². The number of alkyl halides is 6. The third-order valence-corrected chi connectivity index (χ3v) is 9.87. The van der Waals surface area contributed by atoms with Crippen LogP contribution in [-0.2, 0) is 43.6 Å². The average Bonchev–Trinajstić information content (AvgIpc) is 2.51. The van der Waals surface area contributed by atoms with Crippen LogP contribution in [0.2, 0.25) is 0 Å². The second-order valence-corrected chi connectivity index (χ2v) is 13.8. The second-order valence-electron chi connectivity index (χ2n) is 5.08. The van der Waals surface area contributed by atoms with E-state index in [1.54, 1.807) is 0 Å². The Hall–Kier alpha value is -0.892. The molecule has 0 aromatic heterocycles. The number of halogens is 7. The van der Waals surface area contributed by atoms with Crippen molar-refractivity contribution in [3.63, 3.8) is 0 Å². The Balaban J connectivity index is 0.000000424. The predicted molar refractivity (Wildman–Crippen MR) is 74.8 cm³/mol.